The number of anilines is 2. The lowest BCUT2D eigenvalue weighted by Crippen LogP contribution is -2.11. The minimum Gasteiger partial charge on any atom is -0.378 e. The minimum absolute atomic E-state index is 0.000427. The van der Waals surface area contributed by atoms with Crippen LogP contribution in [-0.4, -0.2) is 15.3 Å². The molecule has 0 saturated heterocycles. The Labute approximate surface area is 154 Å². The average Bonchev–Trinajstić information content (AvgIpc) is 2.89. The lowest BCUT2D eigenvalue weighted by molar-refractivity contribution is -0.115. The fraction of sp³-hybridized carbons (Fsp3) is 0.333. The molecule has 0 saturated carbocycles. The van der Waals surface area contributed by atoms with Crippen LogP contribution in [0, 0.1) is 27.7 Å². The van der Waals surface area contributed by atoms with Crippen molar-refractivity contribution in [2.45, 2.75) is 47.6 Å². The lowest BCUT2D eigenvalue weighted by atomic mass is 10.0. The number of aryl methyl sites for hydroxylation is 4. The Hall–Kier alpha value is -2.82. The summed E-state index contributed by atoms with van der Waals surface area (Å²) in [5.74, 6) is -0.000427. The first-order valence-electron chi connectivity index (χ1n) is 8.98. The monoisotopic (exact) mass is 350 g/mol. The van der Waals surface area contributed by atoms with E-state index < -0.39 is 0 Å². The Morgan fingerprint density at radius 2 is 1.85 bits per heavy atom. The second-order valence-corrected chi connectivity index (χ2v) is 6.74. The maximum atomic E-state index is 11.8. The number of nitrogens with one attached hydrogen (secondary N) is 2. The van der Waals surface area contributed by atoms with Crippen LogP contribution in [0.15, 0.2) is 30.5 Å². The quantitative estimate of drug-likeness (QED) is 0.711. The fourth-order valence-electron chi connectivity index (χ4n) is 3.13. The van der Waals surface area contributed by atoms with Crippen molar-refractivity contribution in [3.8, 4) is 0 Å². The normalized spacial score (nSPS) is 11.0. The summed E-state index contributed by atoms with van der Waals surface area (Å²) < 4.78 is 2.04. The van der Waals surface area contributed by atoms with E-state index in [0.717, 1.165) is 28.4 Å². The van der Waals surface area contributed by atoms with E-state index in [1.165, 1.54) is 16.7 Å². The molecule has 0 unspecified atom stereocenters. The van der Waals surface area contributed by atoms with Crippen molar-refractivity contribution in [3.63, 3.8) is 0 Å². The largest absolute Gasteiger partial charge is 0.378 e. The Kier molecular flexibility index (Phi) is 4.98. The Balaban J connectivity index is 2.00. The minimum atomic E-state index is -0.000427. The molecule has 26 heavy (non-hydrogen) atoms. The predicted molar refractivity (Wildman–Crippen MR) is 107 cm³/mol. The molecule has 1 amide bonds. The molecule has 2 N–H and O–H groups in total. The molecule has 0 atom stereocenters. The summed E-state index contributed by atoms with van der Waals surface area (Å²) in [7, 11) is 0. The molecular weight excluding hydrogens is 324 g/mol. The standard InChI is InChI=1S/C21H26N4O/c1-6-20(26)24-17-10-19(21-23-15(4)16(5)25(21)12-17)22-11-18-13(2)8-7-9-14(18)3/h7-10,12,22H,6,11H2,1-5H3,(H,24,26). The molecule has 0 aliphatic carbocycles. The van der Waals surface area contributed by atoms with Crippen molar-refractivity contribution in [3.05, 3.63) is 58.5 Å². The number of hydrogen-bond donors (Lipinski definition) is 2. The van der Waals surface area contributed by atoms with Gasteiger partial charge in [0.15, 0.2) is 5.65 Å². The lowest BCUT2D eigenvalue weighted by Gasteiger charge is -2.14. The van der Waals surface area contributed by atoms with Gasteiger partial charge in [-0.25, -0.2) is 4.98 Å². The number of fused-ring (bicyclic) bond motifs is 1. The third kappa shape index (κ3) is 3.43. The molecule has 0 bridgehead atoms. The molecule has 0 radical (unpaired) electrons. The van der Waals surface area contributed by atoms with Crippen LogP contribution in [0.5, 0.6) is 0 Å². The summed E-state index contributed by atoms with van der Waals surface area (Å²) in [5, 5.41) is 6.48. The number of benzene rings is 1. The molecule has 2 aromatic heterocycles. The first-order chi connectivity index (χ1) is 12.4. The SMILES string of the molecule is CCC(=O)Nc1cc(NCc2c(C)cccc2C)c2nc(C)c(C)n2c1. The summed E-state index contributed by atoms with van der Waals surface area (Å²) in [6.45, 7) is 10.9. The highest BCUT2D eigenvalue weighted by Gasteiger charge is 2.12. The third-order valence-electron chi connectivity index (χ3n) is 4.90. The van der Waals surface area contributed by atoms with Gasteiger partial charge < -0.3 is 15.0 Å². The van der Waals surface area contributed by atoms with Crippen molar-refractivity contribution in [1.82, 2.24) is 9.38 Å². The maximum absolute atomic E-state index is 11.8. The van der Waals surface area contributed by atoms with Crippen LogP contribution in [0.2, 0.25) is 0 Å². The highest BCUT2D eigenvalue weighted by molar-refractivity contribution is 5.91. The smallest absolute Gasteiger partial charge is 0.224 e. The van der Waals surface area contributed by atoms with E-state index >= 15 is 0 Å². The number of amides is 1. The highest BCUT2D eigenvalue weighted by Crippen LogP contribution is 2.26. The fourth-order valence-corrected chi connectivity index (χ4v) is 3.13. The zero-order valence-electron chi connectivity index (χ0n) is 16.1. The Bertz CT molecular complexity index is 952. The van der Waals surface area contributed by atoms with E-state index in [1.807, 2.05) is 37.4 Å². The van der Waals surface area contributed by atoms with Crippen molar-refractivity contribution < 1.29 is 4.79 Å². The van der Waals surface area contributed by atoms with E-state index in [2.05, 4.69) is 42.7 Å². The van der Waals surface area contributed by atoms with Gasteiger partial charge in [-0.3, -0.25) is 4.79 Å². The molecule has 5 heteroatoms. The number of carbonyl (C=O) groups excluding carboxylic acids is 1. The first kappa shape index (κ1) is 18.0. The molecule has 3 aromatic rings. The van der Waals surface area contributed by atoms with E-state index in [0.29, 0.717) is 13.0 Å². The van der Waals surface area contributed by atoms with Gasteiger partial charge in [0.1, 0.15) is 0 Å². The van der Waals surface area contributed by atoms with Gasteiger partial charge in [0.25, 0.3) is 0 Å². The number of nitrogens with zero attached hydrogens (tertiary/aromatic N) is 2. The van der Waals surface area contributed by atoms with Gasteiger partial charge in [-0.1, -0.05) is 25.1 Å². The second kappa shape index (κ2) is 7.20. The van der Waals surface area contributed by atoms with Crippen molar-refractivity contribution >= 4 is 22.9 Å². The van der Waals surface area contributed by atoms with Gasteiger partial charge in [0.2, 0.25) is 5.91 Å². The molecular formula is C21H26N4O. The summed E-state index contributed by atoms with van der Waals surface area (Å²) in [6.07, 6.45) is 2.38. The van der Waals surface area contributed by atoms with E-state index in [-0.39, 0.29) is 5.91 Å². The Morgan fingerprint density at radius 3 is 2.50 bits per heavy atom. The summed E-state index contributed by atoms with van der Waals surface area (Å²) in [6, 6.07) is 8.29. The van der Waals surface area contributed by atoms with Crippen LogP contribution in [-0.2, 0) is 11.3 Å². The topological polar surface area (TPSA) is 58.4 Å². The molecule has 0 aliphatic rings. The predicted octanol–water partition coefficient (Wildman–Crippen LogP) is 4.53. The van der Waals surface area contributed by atoms with Crippen LogP contribution in [0.1, 0.15) is 41.4 Å². The van der Waals surface area contributed by atoms with E-state index in [4.69, 9.17) is 4.98 Å². The zero-order chi connectivity index (χ0) is 18.8. The molecule has 3 rings (SSSR count). The van der Waals surface area contributed by atoms with Gasteiger partial charge >= 0.3 is 0 Å². The van der Waals surface area contributed by atoms with Crippen LogP contribution < -0.4 is 10.6 Å². The summed E-state index contributed by atoms with van der Waals surface area (Å²) in [4.78, 5) is 16.5. The van der Waals surface area contributed by atoms with Crippen molar-refractivity contribution in [1.29, 1.82) is 0 Å². The van der Waals surface area contributed by atoms with Gasteiger partial charge in [0, 0.05) is 24.9 Å². The highest BCUT2D eigenvalue weighted by atomic mass is 16.1. The maximum Gasteiger partial charge on any atom is 0.224 e. The number of hydrogen-bond acceptors (Lipinski definition) is 3. The molecule has 5 nitrogen and oxygen atoms in total. The molecule has 136 valence electrons. The Morgan fingerprint density at radius 1 is 1.15 bits per heavy atom. The van der Waals surface area contributed by atoms with Crippen molar-refractivity contribution in [2.75, 3.05) is 10.6 Å². The molecule has 0 aliphatic heterocycles. The van der Waals surface area contributed by atoms with E-state index in [9.17, 15) is 4.79 Å². The zero-order valence-corrected chi connectivity index (χ0v) is 16.1. The number of rotatable bonds is 5. The van der Waals surface area contributed by atoms with Crippen LogP contribution >= 0.6 is 0 Å². The van der Waals surface area contributed by atoms with Gasteiger partial charge in [-0.2, -0.15) is 0 Å². The van der Waals surface area contributed by atoms with Gasteiger partial charge in [-0.15, -0.1) is 0 Å². The number of aromatic nitrogens is 2. The molecule has 1 aromatic carbocycles. The van der Waals surface area contributed by atoms with Gasteiger partial charge in [0.05, 0.1) is 17.1 Å². The number of imidazole rings is 1. The van der Waals surface area contributed by atoms with E-state index in [1.54, 1.807) is 0 Å². The van der Waals surface area contributed by atoms with Crippen LogP contribution in [0.25, 0.3) is 5.65 Å². The molecule has 0 spiro atoms. The molecule has 2 heterocycles. The average molecular weight is 350 g/mol. The summed E-state index contributed by atoms with van der Waals surface area (Å²) >= 11 is 0. The first-order valence-corrected chi connectivity index (χ1v) is 8.98. The summed E-state index contributed by atoms with van der Waals surface area (Å²) in [5.41, 5.74) is 8.43. The van der Waals surface area contributed by atoms with Crippen LogP contribution in [0.4, 0.5) is 11.4 Å². The number of carbonyl (C=O) groups is 1. The van der Waals surface area contributed by atoms with Gasteiger partial charge in [-0.05, 0) is 50.5 Å². The van der Waals surface area contributed by atoms with Crippen molar-refractivity contribution in [2.24, 2.45) is 0 Å². The third-order valence-corrected chi connectivity index (χ3v) is 4.90. The van der Waals surface area contributed by atoms with Crippen LogP contribution in [0.3, 0.4) is 0 Å². The number of pyridine rings is 1. The molecule has 0 fully saturated rings. The second-order valence-electron chi connectivity index (χ2n) is 6.74.